The predicted molar refractivity (Wildman–Crippen MR) is 51.6 cm³/mol. The van der Waals surface area contributed by atoms with Crippen LogP contribution in [0.5, 0.6) is 0 Å². The number of cyclic esters (lactones) is 2. The van der Waals surface area contributed by atoms with Crippen LogP contribution in [-0.2, 0) is 9.47 Å². The van der Waals surface area contributed by atoms with Gasteiger partial charge in [-0.15, -0.1) is 0 Å². The lowest BCUT2D eigenvalue weighted by Crippen LogP contribution is -1.96. The van der Waals surface area contributed by atoms with Crippen molar-refractivity contribution in [3.8, 4) is 0 Å². The molecule has 0 aromatic heterocycles. The molecule has 0 spiro atoms. The molecular formula is C11H10O4. The Morgan fingerprint density at radius 2 is 1.53 bits per heavy atom. The minimum Gasteiger partial charge on any atom is -0.386 e. The molecule has 2 aliphatic rings. The van der Waals surface area contributed by atoms with E-state index in [9.17, 15) is 9.59 Å². The Morgan fingerprint density at radius 1 is 1.13 bits per heavy atom. The highest BCUT2D eigenvalue weighted by molar-refractivity contribution is 6.14. The summed E-state index contributed by atoms with van der Waals surface area (Å²) in [5, 5.41) is 0. The fourth-order valence-electron chi connectivity index (χ4n) is 1.13. The van der Waals surface area contributed by atoms with Crippen molar-refractivity contribution in [1.29, 1.82) is 0 Å². The van der Waals surface area contributed by atoms with Crippen molar-refractivity contribution in [1.82, 2.24) is 0 Å². The van der Waals surface area contributed by atoms with Crippen molar-refractivity contribution in [2.75, 3.05) is 6.61 Å². The van der Waals surface area contributed by atoms with Gasteiger partial charge in [-0.05, 0) is 19.1 Å². The van der Waals surface area contributed by atoms with E-state index >= 15 is 0 Å². The molecule has 1 atom stereocenters. The lowest BCUT2D eigenvalue weighted by molar-refractivity contribution is 0.0444. The van der Waals surface area contributed by atoms with Gasteiger partial charge in [0.25, 0.3) is 0 Å². The van der Waals surface area contributed by atoms with Crippen molar-refractivity contribution in [2.45, 2.75) is 13.0 Å². The summed E-state index contributed by atoms with van der Waals surface area (Å²) in [7, 11) is 0. The number of rotatable bonds is 0. The molecule has 0 aliphatic carbocycles. The molecule has 3 rings (SSSR count). The molecule has 2 heterocycles. The summed E-state index contributed by atoms with van der Waals surface area (Å²) in [6.07, 6.45) is 0.583. The van der Waals surface area contributed by atoms with Crippen molar-refractivity contribution in [3.63, 3.8) is 0 Å². The number of ether oxygens (including phenoxy) is 2. The average molecular weight is 206 g/mol. The standard InChI is InChI=1S/C8H4O3.C3H6O/c9-7-5-3-1-2-4-6(5)8(10)11-7;1-3-2-4-3/h1-4H;3H,2H2,1H3. The molecule has 4 nitrogen and oxygen atoms in total. The molecular weight excluding hydrogens is 196 g/mol. The third-order valence-electron chi connectivity index (χ3n) is 2.05. The second-order valence-electron chi connectivity index (χ2n) is 3.37. The minimum absolute atomic E-state index is 0.359. The van der Waals surface area contributed by atoms with Crippen LogP contribution in [0.25, 0.3) is 0 Å². The molecule has 0 N–H and O–H groups in total. The fourth-order valence-corrected chi connectivity index (χ4v) is 1.13. The Morgan fingerprint density at radius 3 is 1.87 bits per heavy atom. The Kier molecular flexibility index (Phi) is 2.51. The van der Waals surface area contributed by atoms with Crippen molar-refractivity contribution >= 4 is 11.9 Å². The maximum atomic E-state index is 10.8. The number of fused-ring (bicyclic) bond motifs is 1. The summed E-state index contributed by atoms with van der Waals surface area (Å²) in [5.41, 5.74) is 0.718. The normalized spacial score (nSPS) is 21.3. The first-order valence-electron chi connectivity index (χ1n) is 4.65. The van der Waals surface area contributed by atoms with Gasteiger partial charge in [-0.25, -0.2) is 9.59 Å². The van der Waals surface area contributed by atoms with E-state index in [-0.39, 0.29) is 0 Å². The largest absolute Gasteiger partial charge is 0.386 e. The van der Waals surface area contributed by atoms with Gasteiger partial charge in [-0.3, -0.25) is 0 Å². The first-order valence-corrected chi connectivity index (χ1v) is 4.65. The number of esters is 2. The zero-order valence-corrected chi connectivity index (χ0v) is 8.23. The monoisotopic (exact) mass is 206 g/mol. The first kappa shape index (κ1) is 9.86. The zero-order valence-electron chi connectivity index (χ0n) is 8.23. The van der Waals surface area contributed by atoms with E-state index in [0.717, 1.165) is 6.61 Å². The molecule has 0 radical (unpaired) electrons. The summed E-state index contributed by atoms with van der Waals surface area (Å²) in [6, 6.07) is 6.53. The van der Waals surface area contributed by atoms with E-state index < -0.39 is 11.9 Å². The molecule has 1 saturated heterocycles. The van der Waals surface area contributed by atoms with Gasteiger partial charge < -0.3 is 9.47 Å². The topological polar surface area (TPSA) is 55.9 Å². The van der Waals surface area contributed by atoms with Gasteiger partial charge in [0, 0.05) is 0 Å². The van der Waals surface area contributed by atoms with E-state index in [1.807, 2.05) is 0 Å². The van der Waals surface area contributed by atoms with E-state index in [1.165, 1.54) is 0 Å². The molecule has 0 bridgehead atoms. The number of carbonyl (C=O) groups excluding carboxylic acids is 2. The van der Waals surface area contributed by atoms with E-state index in [0.29, 0.717) is 17.2 Å². The van der Waals surface area contributed by atoms with Crippen molar-refractivity contribution in [2.24, 2.45) is 0 Å². The van der Waals surface area contributed by atoms with Gasteiger partial charge >= 0.3 is 11.9 Å². The van der Waals surface area contributed by atoms with Gasteiger partial charge in [0.1, 0.15) is 0 Å². The van der Waals surface area contributed by atoms with Gasteiger partial charge in [0.2, 0.25) is 0 Å². The smallest absolute Gasteiger partial charge is 0.346 e. The molecule has 1 fully saturated rings. The Balaban J connectivity index is 0.000000179. The Hall–Kier alpha value is -1.68. The second-order valence-corrected chi connectivity index (χ2v) is 3.37. The lowest BCUT2D eigenvalue weighted by Gasteiger charge is -1.86. The van der Waals surface area contributed by atoms with Crippen LogP contribution in [-0.4, -0.2) is 24.6 Å². The molecule has 0 amide bonds. The number of benzene rings is 1. The predicted octanol–water partition coefficient (Wildman–Crippen LogP) is 1.40. The fraction of sp³-hybridized carbons (Fsp3) is 0.273. The van der Waals surface area contributed by atoms with Crippen LogP contribution in [0.1, 0.15) is 27.6 Å². The Bertz CT molecular complexity index is 374. The summed E-state index contributed by atoms with van der Waals surface area (Å²) in [5.74, 6) is -1.10. The zero-order chi connectivity index (χ0) is 10.8. The van der Waals surface area contributed by atoms with Gasteiger partial charge in [-0.1, -0.05) is 12.1 Å². The molecule has 1 aromatic rings. The lowest BCUT2D eigenvalue weighted by atomic mass is 10.1. The van der Waals surface area contributed by atoms with Crippen molar-refractivity contribution < 1.29 is 19.1 Å². The molecule has 2 aliphatic heterocycles. The molecule has 1 aromatic carbocycles. The maximum absolute atomic E-state index is 10.8. The summed E-state index contributed by atoms with van der Waals surface area (Å²) in [4.78, 5) is 21.7. The molecule has 0 saturated carbocycles. The van der Waals surface area contributed by atoms with Crippen molar-refractivity contribution in [3.05, 3.63) is 35.4 Å². The van der Waals surface area contributed by atoms with Crippen LogP contribution < -0.4 is 0 Å². The van der Waals surface area contributed by atoms with Crippen LogP contribution in [0, 0.1) is 0 Å². The second kappa shape index (κ2) is 3.82. The van der Waals surface area contributed by atoms with Gasteiger partial charge in [-0.2, -0.15) is 0 Å². The molecule has 1 unspecified atom stereocenters. The summed E-state index contributed by atoms with van der Waals surface area (Å²) >= 11 is 0. The highest BCUT2D eigenvalue weighted by Gasteiger charge is 2.28. The summed E-state index contributed by atoms with van der Waals surface area (Å²) in [6.45, 7) is 3.04. The van der Waals surface area contributed by atoms with E-state index in [2.05, 4.69) is 11.7 Å². The highest BCUT2D eigenvalue weighted by Crippen LogP contribution is 2.18. The minimum atomic E-state index is -0.550. The van der Waals surface area contributed by atoms with E-state index in [1.54, 1.807) is 24.3 Å². The third kappa shape index (κ3) is 2.22. The number of epoxide rings is 1. The number of carbonyl (C=O) groups is 2. The number of hydrogen-bond acceptors (Lipinski definition) is 4. The molecule has 15 heavy (non-hydrogen) atoms. The van der Waals surface area contributed by atoms with Crippen LogP contribution in [0.3, 0.4) is 0 Å². The highest BCUT2D eigenvalue weighted by atomic mass is 16.6. The van der Waals surface area contributed by atoms with Crippen LogP contribution in [0.4, 0.5) is 0 Å². The molecule has 4 heteroatoms. The van der Waals surface area contributed by atoms with Crippen LogP contribution >= 0.6 is 0 Å². The van der Waals surface area contributed by atoms with Crippen LogP contribution in [0.2, 0.25) is 0 Å². The average Bonchev–Trinajstić information content (AvgIpc) is 2.95. The van der Waals surface area contributed by atoms with Gasteiger partial charge in [0.05, 0.1) is 23.8 Å². The maximum Gasteiger partial charge on any atom is 0.346 e. The number of hydrogen-bond donors (Lipinski definition) is 0. The quantitative estimate of drug-likeness (QED) is 0.366. The third-order valence-corrected chi connectivity index (χ3v) is 2.05. The van der Waals surface area contributed by atoms with Gasteiger partial charge in [0.15, 0.2) is 0 Å². The van der Waals surface area contributed by atoms with E-state index in [4.69, 9.17) is 4.74 Å². The van der Waals surface area contributed by atoms with Crippen LogP contribution in [0.15, 0.2) is 24.3 Å². The first-order chi connectivity index (χ1) is 7.18. The SMILES string of the molecule is CC1CO1.O=C1OC(=O)c2ccccc21. The Labute approximate surface area is 86.8 Å². The molecule has 78 valence electrons. The summed E-state index contributed by atoms with van der Waals surface area (Å²) < 4.78 is 9.06.